The van der Waals surface area contributed by atoms with Gasteiger partial charge >= 0.3 is 6.09 Å². The standard InChI is InChI=1S/C25H33NO3/c1-2-3-4-5-10-16-26(17-11-18-27)25(28)29-19-24-22-14-8-6-12-20(22)21-13-7-9-15-23(21)24/h6-9,12-15,24,27H,2-5,10-11,16-19H2,1H3. The lowest BCUT2D eigenvalue weighted by Gasteiger charge is -2.23. The topological polar surface area (TPSA) is 49.8 Å². The SMILES string of the molecule is CCCCCCCN(CCCO)C(=O)OCC1c2ccccc2-c2ccccc21. The molecule has 0 aromatic heterocycles. The normalized spacial score (nSPS) is 12.5. The van der Waals surface area contributed by atoms with Crippen molar-refractivity contribution in [2.75, 3.05) is 26.3 Å². The Balaban J connectivity index is 1.61. The van der Waals surface area contributed by atoms with E-state index in [0.717, 1.165) is 12.8 Å². The van der Waals surface area contributed by atoms with Crippen LogP contribution in [-0.4, -0.2) is 42.4 Å². The molecule has 0 unspecified atom stereocenters. The Labute approximate surface area is 174 Å². The second kappa shape index (κ2) is 11.0. The van der Waals surface area contributed by atoms with Crippen LogP contribution in [0.5, 0.6) is 0 Å². The molecule has 0 radical (unpaired) electrons. The zero-order valence-electron chi connectivity index (χ0n) is 17.5. The van der Waals surface area contributed by atoms with Crippen LogP contribution in [-0.2, 0) is 4.74 Å². The van der Waals surface area contributed by atoms with Crippen LogP contribution in [0.2, 0.25) is 0 Å². The molecule has 4 heteroatoms. The summed E-state index contributed by atoms with van der Waals surface area (Å²) in [6.45, 7) is 3.87. The van der Waals surface area contributed by atoms with Crippen LogP contribution in [0.3, 0.4) is 0 Å². The van der Waals surface area contributed by atoms with Gasteiger partial charge in [-0.15, -0.1) is 0 Å². The van der Waals surface area contributed by atoms with Crippen LogP contribution in [0.25, 0.3) is 11.1 Å². The average Bonchev–Trinajstić information content (AvgIpc) is 3.08. The van der Waals surface area contributed by atoms with Crippen LogP contribution in [0.15, 0.2) is 48.5 Å². The average molecular weight is 396 g/mol. The number of amides is 1. The maximum Gasteiger partial charge on any atom is 0.409 e. The molecular formula is C25H33NO3. The maximum atomic E-state index is 12.8. The van der Waals surface area contributed by atoms with E-state index in [1.54, 1.807) is 4.90 Å². The fourth-order valence-corrected chi connectivity index (χ4v) is 4.15. The molecule has 3 rings (SSSR count). The Bertz CT molecular complexity index is 744. The van der Waals surface area contributed by atoms with E-state index >= 15 is 0 Å². The van der Waals surface area contributed by atoms with Gasteiger partial charge in [-0.2, -0.15) is 0 Å². The predicted octanol–water partition coefficient (Wildman–Crippen LogP) is 5.59. The van der Waals surface area contributed by atoms with Gasteiger partial charge in [-0.3, -0.25) is 0 Å². The fourth-order valence-electron chi connectivity index (χ4n) is 4.15. The van der Waals surface area contributed by atoms with Gasteiger partial charge in [0, 0.05) is 25.6 Å². The van der Waals surface area contributed by atoms with Gasteiger partial charge in [-0.25, -0.2) is 4.79 Å². The molecule has 0 bridgehead atoms. The number of hydrogen-bond donors (Lipinski definition) is 1. The predicted molar refractivity (Wildman–Crippen MR) is 117 cm³/mol. The molecule has 4 nitrogen and oxygen atoms in total. The lowest BCUT2D eigenvalue weighted by atomic mass is 9.98. The van der Waals surface area contributed by atoms with Gasteiger partial charge < -0.3 is 14.7 Å². The summed E-state index contributed by atoms with van der Waals surface area (Å²) in [5.74, 6) is 0.0793. The van der Waals surface area contributed by atoms with Crippen molar-refractivity contribution in [2.24, 2.45) is 0 Å². The molecule has 0 fully saturated rings. The summed E-state index contributed by atoms with van der Waals surface area (Å²) in [4.78, 5) is 14.5. The molecule has 29 heavy (non-hydrogen) atoms. The quantitative estimate of drug-likeness (QED) is 0.505. The first kappa shape index (κ1) is 21.4. The molecule has 156 valence electrons. The number of aliphatic hydroxyl groups excluding tert-OH is 1. The van der Waals surface area contributed by atoms with Gasteiger partial charge in [0.05, 0.1) is 0 Å². The minimum absolute atomic E-state index is 0.0793. The largest absolute Gasteiger partial charge is 0.448 e. The summed E-state index contributed by atoms with van der Waals surface area (Å²) in [5, 5.41) is 9.18. The third kappa shape index (κ3) is 5.39. The van der Waals surface area contributed by atoms with E-state index in [9.17, 15) is 9.90 Å². The van der Waals surface area contributed by atoms with Crippen LogP contribution >= 0.6 is 0 Å². The van der Waals surface area contributed by atoms with E-state index in [1.165, 1.54) is 41.5 Å². The molecule has 0 heterocycles. The van der Waals surface area contributed by atoms with Gasteiger partial charge in [-0.1, -0.05) is 81.1 Å². The van der Waals surface area contributed by atoms with E-state index in [-0.39, 0.29) is 18.6 Å². The van der Waals surface area contributed by atoms with Crippen molar-refractivity contribution < 1.29 is 14.6 Å². The van der Waals surface area contributed by atoms with Crippen molar-refractivity contribution >= 4 is 6.09 Å². The number of ether oxygens (including phenoxy) is 1. The fraction of sp³-hybridized carbons (Fsp3) is 0.480. The molecule has 0 saturated heterocycles. The lowest BCUT2D eigenvalue weighted by Crippen LogP contribution is -2.34. The number of benzene rings is 2. The first-order chi connectivity index (χ1) is 14.3. The van der Waals surface area contributed by atoms with Crippen molar-refractivity contribution in [1.82, 2.24) is 4.90 Å². The Hall–Kier alpha value is -2.33. The molecular weight excluding hydrogens is 362 g/mol. The van der Waals surface area contributed by atoms with Gasteiger partial charge in [-0.05, 0) is 35.1 Å². The summed E-state index contributed by atoms with van der Waals surface area (Å²) in [6.07, 6.45) is 6.07. The summed E-state index contributed by atoms with van der Waals surface area (Å²) in [6, 6.07) is 16.7. The third-order valence-corrected chi connectivity index (χ3v) is 5.71. The summed E-state index contributed by atoms with van der Waals surface area (Å²) < 4.78 is 5.78. The smallest absolute Gasteiger partial charge is 0.409 e. The zero-order valence-corrected chi connectivity index (χ0v) is 17.5. The number of rotatable bonds is 11. The van der Waals surface area contributed by atoms with E-state index in [4.69, 9.17) is 4.74 Å². The van der Waals surface area contributed by atoms with Crippen molar-refractivity contribution in [2.45, 2.75) is 51.4 Å². The van der Waals surface area contributed by atoms with Crippen LogP contribution in [0, 0.1) is 0 Å². The molecule has 0 spiro atoms. The van der Waals surface area contributed by atoms with Gasteiger partial charge in [0.25, 0.3) is 0 Å². The number of nitrogens with zero attached hydrogens (tertiary/aromatic N) is 1. The Morgan fingerprint density at radius 1 is 0.897 bits per heavy atom. The van der Waals surface area contributed by atoms with Crippen molar-refractivity contribution in [3.8, 4) is 11.1 Å². The van der Waals surface area contributed by atoms with Crippen molar-refractivity contribution in [3.05, 3.63) is 59.7 Å². The van der Waals surface area contributed by atoms with Crippen LogP contribution < -0.4 is 0 Å². The molecule has 0 aliphatic heterocycles. The lowest BCUT2D eigenvalue weighted by molar-refractivity contribution is 0.0962. The summed E-state index contributed by atoms with van der Waals surface area (Å²) >= 11 is 0. The van der Waals surface area contributed by atoms with E-state index in [2.05, 4.69) is 43.3 Å². The Morgan fingerprint density at radius 3 is 2.10 bits per heavy atom. The highest BCUT2D eigenvalue weighted by atomic mass is 16.6. The van der Waals surface area contributed by atoms with E-state index in [0.29, 0.717) is 26.1 Å². The van der Waals surface area contributed by atoms with Gasteiger partial charge in [0.15, 0.2) is 0 Å². The zero-order chi connectivity index (χ0) is 20.5. The second-order valence-corrected chi connectivity index (χ2v) is 7.78. The van der Waals surface area contributed by atoms with Crippen LogP contribution in [0.4, 0.5) is 4.79 Å². The Kier molecular flexibility index (Phi) is 8.12. The van der Waals surface area contributed by atoms with Crippen LogP contribution in [0.1, 0.15) is 62.5 Å². The first-order valence-corrected chi connectivity index (χ1v) is 11.0. The highest BCUT2D eigenvalue weighted by Crippen LogP contribution is 2.44. The minimum Gasteiger partial charge on any atom is -0.448 e. The molecule has 2 aromatic rings. The monoisotopic (exact) mass is 395 g/mol. The van der Waals surface area contributed by atoms with Crippen molar-refractivity contribution in [1.29, 1.82) is 0 Å². The number of aliphatic hydroxyl groups is 1. The third-order valence-electron chi connectivity index (χ3n) is 5.71. The Morgan fingerprint density at radius 2 is 1.48 bits per heavy atom. The number of carbonyl (C=O) groups excluding carboxylic acids is 1. The number of fused-ring (bicyclic) bond motifs is 3. The van der Waals surface area contributed by atoms with E-state index in [1.807, 2.05) is 12.1 Å². The summed E-state index contributed by atoms with van der Waals surface area (Å²) in [5.41, 5.74) is 4.92. The van der Waals surface area contributed by atoms with Gasteiger partial charge in [0.1, 0.15) is 6.61 Å². The van der Waals surface area contributed by atoms with Gasteiger partial charge in [0.2, 0.25) is 0 Å². The molecule has 1 N–H and O–H groups in total. The van der Waals surface area contributed by atoms with Crippen molar-refractivity contribution in [3.63, 3.8) is 0 Å². The second-order valence-electron chi connectivity index (χ2n) is 7.78. The number of hydrogen-bond acceptors (Lipinski definition) is 3. The highest BCUT2D eigenvalue weighted by Gasteiger charge is 2.29. The molecule has 1 amide bonds. The molecule has 1 aliphatic rings. The molecule has 1 aliphatic carbocycles. The highest BCUT2D eigenvalue weighted by molar-refractivity contribution is 5.79. The number of carbonyl (C=O) groups is 1. The molecule has 2 aromatic carbocycles. The summed E-state index contributed by atoms with van der Waals surface area (Å²) in [7, 11) is 0. The maximum absolute atomic E-state index is 12.8. The minimum atomic E-state index is -0.268. The number of unbranched alkanes of at least 4 members (excludes halogenated alkanes) is 4. The first-order valence-electron chi connectivity index (χ1n) is 11.0. The molecule has 0 atom stereocenters. The molecule has 0 saturated carbocycles. The van der Waals surface area contributed by atoms with E-state index < -0.39 is 0 Å².